The molecule has 0 amide bonds. The second kappa shape index (κ2) is 7.93. The lowest BCUT2D eigenvalue weighted by atomic mass is 9.79. The van der Waals surface area contributed by atoms with Crippen LogP contribution in [-0.2, 0) is 16.6 Å². The molecule has 2 aliphatic rings. The summed E-state index contributed by atoms with van der Waals surface area (Å²) < 4.78 is 28.0. The predicted octanol–water partition coefficient (Wildman–Crippen LogP) is 5.70. The highest BCUT2D eigenvalue weighted by Crippen LogP contribution is 2.51. The molecule has 31 heavy (non-hydrogen) atoms. The Morgan fingerprint density at radius 3 is 2.65 bits per heavy atom. The Morgan fingerprint density at radius 2 is 1.90 bits per heavy atom. The van der Waals surface area contributed by atoms with Crippen molar-refractivity contribution in [3.63, 3.8) is 0 Å². The molecule has 1 N–H and O–H groups in total. The maximum Gasteiger partial charge on any atom is 0.243 e. The third kappa shape index (κ3) is 3.73. The van der Waals surface area contributed by atoms with Gasteiger partial charge in [0.15, 0.2) is 0 Å². The number of fused-ring (bicyclic) bond motifs is 3. The largest absolute Gasteiger partial charge is 0.377 e. The van der Waals surface area contributed by atoms with Crippen molar-refractivity contribution in [1.82, 2.24) is 4.31 Å². The number of allylic oxidation sites excluding steroid dienone is 2. The van der Waals surface area contributed by atoms with E-state index in [9.17, 15) is 8.42 Å². The van der Waals surface area contributed by atoms with E-state index in [0.717, 1.165) is 23.2 Å². The van der Waals surface area contributed by atoms with Gasteiger partial charge in [-0.2, -0.15) is 4.31 Å². The molecule has 3 atom stereocenters. The predicted molar refractivity (Wildman–Crippen MR) is 127 cm³/mol. The average Bonchev–Trinajstić information content (AvgIpc) is 3.43. The summed E-state index contributed by atoms with van der Waals surface area (Å²) in [6.45, 7) is 2.49. The van der Waals surface area contributed by atoms with Crippen LogP contribution in [0.25, 0.3) is 0 Å². The average molecular weight is 451 g/mol. The highest BCUT2D eigenvalue weighted by atomic mass is 32.2. The van der Waals surface area contributed by atoms with Gasteiger partial charge in [-0.15, -0.1) is 11.3 Å². The van der Waals surface area contributed by atoms with Crippen LogP contribution >= 0.6 is 11.3 Å². The number of sulfonamides is 1. The molecule has 1 aliphatic carbocycles. The standard InChI is InChI=1S/C25H26N2O2S2/c1-17-11-14-24(30-17)25-21-10-6-9-20(21)22-15-19(12-13-23(22)26-25)31(28,29)27(2)16-18-7-4-3-5-8-18/h3-9,11-15,20-21,25-26H,10,16H2,1-2H3. The molecule has 5 rings (SSSR count). The summed E-state index contributed by atoms with van der Waals surface area (Å²) in [4.78, 5) is 3.02. The molecule has 3 aromatic rings. The van der Waals surface area contributed by atoms with Crippen LogP contribution in [0.15, 0.2) is 77.7 Å². The van der Waals surface area contributed by atoms with Crippen molar-refractivity contribution in [2.45, 2.75) is 36.7 Å². The molecule has 2 aromatic carbocycles. The van der Waals surface area contributed by atoms with Gasteiger partial charge in [0.2, 0.25) is 10.0 Å². The summed E-state index contributed by atoms with van der Waals surface area (Å²) in [6.07, 6.45) is 5.49. The number of thiophene rings is 1. The topological polar surface area (TPSA) is 49.4 Å². The van der Waals surface area contributed by atoms with Crippen molar-refractivity contribution in [3.05, 3.63) is 93.7 Å². The Morgan fingerprint density at radius 1 is 1.10 bits per heavy atom. The Balaban J connectivity index is 1.47. The molecular weight excluding hydrogens is 424 g/mol. The monoisotopic (exact) mass is 450 g/mol. The lowest BCUT2D eigenvalue weighted by Crippen LogP contribution is -2.30. The van der Waals surface area contributed by atoms with Crippen molar-refractivity contribution in [2.24, 2.45) is 5.92 Å². The normalized spacial score (nSPS) is 22.2. The number of rotatable bonds is 5. The molecular formula is C25H26N2O2S2. The highest BCUT2D eigenvalue weighted by molar-refractivity contribution is 7.89. The van der Waals surface area contributed by atoms with Gasteiger partial charge < -0.3 is 5.32 Å². The van der Waals surface area contributed by atoms with E-state index in [-0.39, 0.29) is 12.0 Å². The van der Waals surface area contributed by atoms with Crippen LogP contribution in [0.4, 0.5) is 5.69 Å². The van der Waals surface area contributed by atoms with E-state index in [1.807, 2.05) is 53.8 Å². The number of hydrogen-bond donors (Lipinski definition) is 1. The van der Waals surface area contributed by atoms with Crippen LogP contribution < -0.4 is 5.32 Å². The smallest absolute Gasteiger partial charge is 0.243 e. The fraction of sp³-hybridized carbons (Fsp3) is 0.280. The van der Waals surface area contributed by atoms with E-state index in [0.29, 0.717) is 17.4 Å². The molecule has 0 radical (unpaired) electrons. The van der Waals surface area contributed by atoms with Crippen LogP contribution in [0, 0.1) is 12.8 Å². The quantitative estimate of drug-likeness (QED) is 0.507. The second-order valence-electron chi connectivity index (χ2n) is 8.42. The number of nitrogens with one attached hydrogen (secondary N) is 1. The van der Waals surface area contributed by atoms with Crippen LogP contribution in [0.2, 0.25) is 0 Å². The Bertz CT molecular complexity index is 1230. The molecule has 4 nitrogen and oxygen atoms in total. The fourth-order valence-corrected chi connectivity index (χ4v) is 6.94. The molecule has 1 aromatic heterocycles. The molecule has 0 saturated heterocycles. The highest BCUT2D eigenvalue weighted by Gasteiger charge is 2.39. The first kappa shape index (κ1) is 20.5. The summed E-state index contributed by atoms with van der Waals surface area (Å²) >= 11 is 1.84. The Hall–Kier alpha value is -2.41. The molecule has 3 unspecified atom stereocenters. The zero-order valence-corrected chi connectivity index (χ0v) is 19.3. The Labute approximate surface area is 188 Å². The van der Waals surface area contributed by atoms with Gasteiger partial charge in [-0.05, 0) is 60.7 Å². The lowest BCUT2D eigenvalue weighted by Gasteiger charge is -2.37. The molecule has 0 fully saturated rings. The zero-order valence-electron chi connectivity index (χ0n) is 17.7. The van der Waals surface area contributed by atoms with Crippen LogP contribution in [-0.4, -0.2) is 19.8 Å². The van der Waals surface area contributed by atoms with Crippen molar-refractivity contribution in [3.8, 4) is 0 Å². The number of hydrogen-bond acceptors (Lipinski definition) is 4. The molecule has 160 valence electrons. The van der Waals surface area contributed by atoms with E-state index in [2.05, 4.69) is 36.5 Å². The summed E-state index contributed by atoms with van der Waals surface area (Å²) in [5.41, 5.74) is 3.09. The van der Waals surface area contributed by atoms with Crippen LogP contribution in [0.3, 0.4) is 0 Å². The van der Waals surface area contributed by atoms with E-state index >= 15 is 0 Å². The van der Waals surface area contributed by atoms with Gasteiger partial charge in [-0.3, -0.25) is 0 Å². The van der Waals surface area contributed by atoms with E-state index in [4.69, 9.17) is 0 Å². The van der Waals surface area contributed by atoms with Crippen LogP contribution in [0.1, 0.15) is 39.3 Å². The second-order valence-corrected chi connectivity index (χ2v) is 11.8. The van der Waals surface area contributed by atoms with Gasteiger partial charge in [0.1, 0.15) is 0 Å². The SMILES string of the molecule is Cc1ccc(C2Nc3ccc(S(=O)(=O)N(C)Cc4ccccc4)cc3C3C=CCC32)s1. The maximum atomic E-state index is 13.3. The molecule has 0 bridgehead atoms. The first-order chi connectivity index (χ1) is 14.9. The zero-order chi connectivity index (χ0) is 21.6. The summed E-state index contributed by atoms with van der Waals surface area (Å²) in [5, 5.41) is 3.71. The van der Waals surface area contributed by atoms with Gasteiger partial charge in [0.25, 0.3) is 0 Å². The van der Waals surface area contributed by atoms with E-state index in [1.165, 1.54) is 14.1 Å². The van der Waals surface area contributed by atoms with Crippen molar-refractivity contribution >= 4 is 27.0 Å². The minimum absolute atomic E-state index is 0.234. The first-order valence-electron chi connectivity index (χ1n) is 10.6. The van der Waals surface area contributed by atoms with Gasteiger partial charge in [-0.1, -0.05) is 42.5 Å². The molecule has 0 saturated carbocycles. The first-order valence-corrected chi connectivity index (χ1v) is 12.8. The maximum absolute atomic E-state index is 13.3. The third-order valence-electron chi connectivity index (χ3n) is 6.36. The van der Waals surface area contributed by atoms with Gasteiger partial charge in [-0.25, -0.2) is 8.42 Å². The third-order valence-corrected chi connectivity index (χ3v) is 9.24. The fourth-order valence-electron chi connectivity index (χ4n) is 4.74. The summed E-state index contributed by atoms with van der Waals surface area (Å²) in [5.74, 6) is 0.642. The van der Waals surface area contributed by atoms with Gasteiger partial charge >= 0.3 is 0 Å². The van der Waals surface area contributed by atoms with Crippen molar-refractivity contribution < 1.29 is 8.42 Å². The van der Waals surface area contributed by atoms with Gasteiger partial charge in [0, 0.05) is 35.0 Å². The lowest BCUT2D eigenvalue weighted by molar-refractivity contribution is 0.429. The molecule has 6 heteroatoms. The minimum Gasteiger partial charge on any atom is -0.377 e. The number of aryl methyl sites for hydroxylation is 1. The summed E-state index contributed by atoms with van der Waals surface area (Å²) in [7, 11) is -1.93. The number of anilines is 1. The Kier molecular flexibility index (Phi) is 5.24. The van der Waals surface area contributed by atoms with Gasteiger partial charge in [0.05, 0.1) is 10.9 Å². The number of benzene rings is 2. The van der Waals surface area contributed by atoms with E-state index in [1.54, 1.807) is 13.1 Å². The minimum atomic E-state index is -3.58. The number of nitrogens with zero attached hydrogens (tertiary/aromatic N) is 1. The van der Waals surface area contributed by atoms with Crippen molar-refractivity contribution in [1.29, 1.82) is 0 Å². The van der Waals surface area contributed by atoms with Crippen molar-refractivity contribution in [2.75, 3.05) is 12.4 Å². The molecule has 1 aliphatic heterocycles. The molecule has 2 heterocycles. The molecule has 0 spiro atoms. The van der Waals surface area contributed by atoms with Crippen LogP contribution in [0.5, 0.6) is 0 Å². The van der Waals surface area contributed by atoms with E-state index < -0.39 is 10.0 Å². The summed E-state index contributed by atoms with van der Waals surface area (Å²) in [6, 6.07) is 19.9.